The van der Waals surface area contributed by atoms with Crippen LogP contribution in [0.4, 0.5) is 11.4 Å². The number of anilines is 2. The van der Waals surface area contributed by atoms with Gasteiger partial charge in [-0.2, -0.15) is 0 Å². The van der Waals surface area contributed by atoms with Gasteiger partial charge in [0.15, 0.2) is 0 Å². The summed E-state index contributed by atoms with van der Waals surface area (Å²) >= 11 is 1.65. The summed E-state index contributed by atoms with van der Waals surface area (Å²) in [5.74, 6) is 0.884. The van der Waals surface area contributed by atoms with Crippen LogP contribution in [0.15, 0.2) is 52.3 Å². The van der Waals surface area contributed by atoms with E-state index in [4.69, 9.17) is 16.2 Å². The number of ether oxygens (including phenoxy) is 1. The molecule has 1 atom stereocenters. The lowest BCUT2D eigenvalue weighted by molar-refractivity contribution is 0.198. The van der Waals surface area contributed by atoms with Gasteiger partial charge in [-0.15, -0.1) is 0 Å². The van der Waals surface area contributed by atoms with Crippen LogP contribution in [0.2, 0.25) is 0 Å². The van der Waals surface area contributed by atoms with E-state index in [9.17, 15) is 0 Å². The first kappa shape index (κ1) is 16.5. The van der Waals surface area contributed by atoms with Crippen molar-refractivity contribution in [2.45, 2.75) is 22.8 Å². The molecule has 2 aromatic rings. The van der Waals surface area contributed by atoms with Crippen molar-refractivity contribution in [1.29, 1.82) is 0 Å². The maximum atomic E-state index is 5.83. The van der Waals surface area contributed by atoms with Crippen molar-refractivity contribution in [3.05, 3.63) is 42.5 Å². The number of nitrogen functional groups attached to an aromatic ring is 2. The predicted molar refractivity (Wildman–Crippen MR) is 94.5 cm³/mol. The second-order valence-electron chi connectivity index (χ2n) is 5.49. The molecular weight excluding hydrogens is 294 g/mol. The molecule has 4 N–H and O–H groups in total. The SMILES string of the molecule is CC(COc1ccc(Sc2ccc(N)c(N)c2)cc1)N(C)C. The summed E-state index contributed by atoms with van der Waals surface area (Å²) in [6.45, 7) is 2.81. The molecule has 0 fully saturated rings. The van der Waals surface area contributed by atoms with Gasteiger partial charge in [-0.1, -0.05) is 11.8 Å². The van der Waals surface area contributed by atoms with E-state index < -0.39 is 0 Å². The highest BCUT2D eigenvalue weighted by molar-refractivity contribution is 7.99. The lowest BCUT2D eigenvalue weighted by Crippen LogP contribution is -2.30. The summed E-state index contributed by atoms with van der Waals surface area (Å²) in [6, 6.07) is 14.2. The van der Waals surface area contributed by atoms with E-state index in [0.717, 1.165) is 15.5 Å². The first-order chi connectivity index (χ1) is 10.5. The highest BCUT2D eigenvalue weighted by atomic mass is 32.2. The second kappa shape index (κ2) is 7.42. The molecule has 0 radical (unpaired) electrons. The van der Waals surface area contributed by atoms with Crippen molar-refractivity contribution < 1.29 is 4.74 Å². The highest BCUT2D eigenvalue weighted by Crippen LogP contribution is 2.31. The molecule has 0 aromatic heterocycles. The third kappa shape index (κ3) is 4.58. The third-order valence-electron chi connectivity index (χ3n) is 3.49. The van der Waals surface area contributed by atoms with Crippen LogP contribution in [-0.4, -0.2) is 31.6 Å². The van der Waals surface area contributed by atoms with Gasteiger partial charge in [0.1, 0.15) is 12.4 Å². The molecule has 0 bridgehead atoms. The van der Waals surface area contributed by atoms with Crippen molar-refractivity contribution in [1.82, 2.24) is 4.90 Å². The van der Waals surface area contributed by atoms with E-state index in [-0.39, 0.29) is 0 Å². The summed E-state index contributed by atoms with van der Waals surface area (Å²) in [6.07, 6.45) is 0. The smallest absolute Gasteiger partial charge is 0.119 e. The molecule has 0 heterocycles. The summed E-state index contributed by atoms with van der Waals surface area (Å²) in [5, 5.41) is 0. The maximum absolute atomic E-state index is 5.83. The van der Waals surface area contributed by atoms with Crippen molar-refractivity contribution in [3.8, 4) is 5.75 Å². The van der Waals surface area contributed by atoms with Gasteiger partial charge in [0, 0.05) is 15.8 Å². The van der Waals surface area contributed by atoms with E-state index in [1.165, 1.54) is 0 Å². The number of hydrogen-bond donors (Lipinski definition) is 2. The van der Waals surface area contributed by atoms with Crippen LogP contribution in [0.1, 0.15) is 6.92 Å². The van der Waals surface area contributed by atoms with Crippen LogP contribution >= 0.6 is 11.8 Å². The van der Waals surface area contributed by atoms with Crippen molar-refractivity contribution in [2.24, 2.45) is 0 Å². The molecular formula is C17H23N3OS. The first-order valence-corrected chi connectivity index (χ1v) is 7.99. The lowest BCUT2D eigenvalue weighted by Gasteiger charge is -2.20. The van der Waals surface area contributed by atoms with Crippen LogP contribution < -0.4 is 16.2 Å². The van der Waals surface area contributed by atoms with Gasteiger partial charge in [0.05, 0.1) is 11.4 Å². The topological polar surface area (TPSA) is 64.5 Å². The van der Waals surface area contributed by atoms with Crippen molar-refractivity contribution in [3.63, 3.8) is 0 Å². The van der Waals surface area contributed by atoms with Gasteiger partial charge < -0.3 is 21.1 Å². The summed E-state index contributed by atoms with van der Waals surface area (Å²) in [4.78, 5) is 4.34. The molecule has 0 saturated heterocycles. The molecule has 5 heteroatoms. The Morgan fingerprint density at radius 1 is 1.00 bits per heavy atom. The number of nitrogens with zero attached hydrogens (tertiary/aromatic N) is 1. The van der Waals surface area contributed by atoms with Crippen LogP contribution in [0.25, 0.3) is 0 Å². The molecule has 0 aliphatic carbocycles. The Labute approximate surface area is 136 Å². The zero-order valence-electron chi connectivity index (χ0n) is 13.2. The van der Waals surface area contributed by atoms with Gasteiger partial charge in [-0.05, 0) is 63.5 Å². The van der Waals surface area contributed by atoms with E-state index in [2.05, 4.69) is 11.8 Å². The van der Waals surface area contributed by atoms with Crippen molar-refractivity contribution >= 4 is 23.1 Å². The average Bonchev–Trinajstić information content (AvgIpc) is 2.50. The Morgan fingerprint density at radius 3 is 2.23 bits per heavy atom. The normalized spacial score (nSPS) is 12.4. The summed E-state index contributed by atoms with van der Waals surface area (Å²) < 4.78 is 5.78. The molecule has 22 heavy (non-hydrogen) atoms. The van der Waals surface area contributed by atoms with Crippen molar-refractivity contribution in [2.75, 3.05) is 32.2 Å². The third-order valence-corrected chi connectivity index (χ3v) is 4.49. The number of rotatable bonds is 6. The fraction of sp³-hybridized carbons (Fsp3) is 0.294. The summed E-state index contributed by atoms with van der Waals surface area (Å²) in [5.41, 5.74) is 12.8. The molecule has 0 spiro atoms. The van der Waals surface area contributed by atoms with Crippen LogP contribution in [0.5, 0.6) is 5.75 Å². The molecule has 2 rings (SSSR count). The van der Waals surface area contributed by atoms with E-state index in [0.29, 0.717) is 24.0 Å². The molecule has 1 unspecified atom stereocenters. The molecule has 4 nitrogen and oxygen atoms in total. The first-order valence-electron chi connectivity index (χ1n) is 7.18. The molecule has 0 aliphatic heterocycles. The van der Waals surface area contributed by atoms with Gasteiger partial charge in [-0.3, -0.25) is 0 Å². The van der Waals surface area contributed by atoms with Gasteiger partial charge >= 0.3 is 0 Å². The Balaban J connectivity index is 1.95. The zero-order valence-corrected chi connectivity index (χ0v) is 14.1. The molecule has 0 aliphatic rings. The monoisotopic (exact) mass is 317 g/mol. The number of benzene rings is 2. The van der Waals surface area contributed by atoms with E-state index >= 15 is 0 Å². The zero-order chi connectivity index (χ0) is 16.1. The Kier molecular flexibility index (Phi) is 5.57. The van der Waals surface area contributed by atoms with Crippen LogP contribution in [-0.2, 0) is 0 Å². The largest absolute Gasteiger partial charge is 0.492 e. The standard InChI is InChI=1S/C17H23N3OS/c1-12(20(2)3)11-21-13-4-6-14(7-5-13)22-15-8-9-16(18)17(19)10-15/h4-10,12H,11,18-19H2,1-3H3. The average molecular weight is 317 g/mol. The van der Waals surface area contributed by atoms with Gasteiger partial charge in [-0.25, -0.2) is 0 Å². The van der Waals surface area contributed by atoms with Gasteiger partial charge in [0.2, 0.25) is 0 Å². The Hall–Kier alpha value is -1.85. The minimum Gasteiger partial charge on any atom is -0.492 e. The minimum absolute atomic E-state index is 0.381. The van der Waals surface area contributed by atoms with Crippen LogP contribution in [0.3, 0.4) is 0 Å². The minimum atomic E-state index is 0.381. The highest BCUT2D eigenvalue weighted by Gasteiger charge is 2.06. The van der Waals surface area contributed by atoms with Gasteiger partial charge in [0.25, 0.3) is 0 Å². The second-order valence-corrected chi connectivity index (χ2v) is 6.63. The molecule has 2 aromatic carbocycles. The molecule has 0 amide bonds. The number of hydrogen-bond acceptors (Lipinski definition) is 5. The maximum Gasteiger partial charge on any atom is 0.119 e. The fourth-order valence-corrected chi connectivity index (χ4v) is 2.59. The molecule has 0 saturated carbocycles. The fourth-order valence-electron chi connectivity index (χ4n) is 1.72. The predicted octanol–water partition coefficient (Wildman–Crippen LogP) is 3.33. The Morgan fingerprint density at radius 2 is 1.64 bits per heavy atom. The van der Waals surface area contributed by atoms with Crippen LogP contribution in [0, 0.1) is 0 Å². The lowest BCUT2D eigenvalue weighted by atomic mass is 10.3. The van der Waals surface area contributed by atoms with E-state index in [1.54, 1.807) is 11.8 Å². The van der Waals surface area contributed by atoms with E-state index in [1.807, 2.05) is 56.6 Å². The molecule has 118 valence electrons. The number of nitrogens with two attached hydrogens (primary N) is 2. The Bertz CT molecular complexity index is 614. The quantitative estimate of drug-likeness (QED) is 0.800. The number of likely N-dealkylation sites (N-methyl/N-ethyl adjacent to an activating group) is 1. The summed E-state index contributed by atoms with van der Waals surface area (Å²) in [7, 11) is 4.10.